The number of aliphatic hydroxyl groups excluding tert-OH is 1. The van der Waals surface area contributed by atoms with Crippen molar-refractivity contribution in [1.82, 2.24) is 4.90 Å². The molecule has 2 rings (SSSR count). The molecule has 0 aromatic carbocycles. The lowest BCUT2D eigenvalue weighted by molar-refractivity contribution is 0.103. The first kappa shape index (κ1) is 6.62. The Morgan fingerprint density at radius 3 is 2.80 bits per heavy atom. The highest BCUT2D eigenvalue weighted by Crippen LogP contribution is 2.33. The Kier molecular flexibility index (Phi) is 1.46. The smallest absolute Gasteiger partial charge is 0.0710 e. The average molecular weight is 141 g/mol. The molecular formula is C8H15NO. The molecule has 0 unspecified atom stereocenters. The molecule has 2 nitrogen and oxygen atoms in total. The maximum atomic E-state index is 9.53. The Labute approximate surface area is 61.8 Å². The van der Waals surface area contributed by atoms with Crippen molar-refractivity contribution in [2.45, 2.75) is 43.9 Å². The Bertz CT molecular complexity index is 137. The molecule has 0 radical (unpaired) electrons. The number of fused-ring (bicyclic) bond motifs is 2. The summed E-state index contributed by atoms with van der Waals surface area (Å²) >= 11 is 0. The van der Waals surface area contributed by atoms with Crippen molar-refractivity contribution in [3.05, 3.63) is 0 Å². The SMILES string of the molecule is CN1[C@H]2CCC[C@H]1[C@H](O)C2. The lowest BCUT2D eigenvalue weighted by Gasteiger charge is -2.30. The maximum Gasteiger partial charge on any atom is 0.0710 e. The monoisotopic (exact) mass is 141 g/mol. The number of piperidine rings is 1. The van der Waals surface area contributed by atoms with Gasteiger partial charge < -0.3 is 5.11 Å². The third-order valence-electron chi connectivity index (χ3n) is 3.09. The Morgan fingerprint density at radius 1 is 1.40 bits per heavy atom. The first-order valence-electron chi connectivity index (χ1n) is 4.19. The molecule has 2 bridgehead atoms. The van der Waals surface area contributed by atoms with Gasteiger partial charge in [0.1, 0.15) is 0 Å². The Balaban J connectivity index is 2.14. The standard InChI is InChI=1S/C8H15NO/c1-9-6-3-2-4-7(9)8(10)5-6/h6-8,10H,2-5H2,1H3/t6-,7-,8+/m0/s1. The third-order valence-corrected chi connectivity index (χ3v) is 3.09. The summed E-state index contributed by atoms with van der Waals surface area (Å²) in [5.74, 6) is 0. The summed E-state index contributed by atoms with van der Waals surface area (Å²) in [5.41, 5.74) is 0. The van der Waals surface area contributed by atoms with Gasteiger partial charge in [0.15, 0.2) is 0 Å². The van der Waals surface area contributed by atoms with E-state index < -0.39 is 0 Å². The van der Waals surface area contributed by atoms with E-state index >= 15 is 0 Å². The molecular weight excluding hydrogens is 126 g/mol. The predicted molar refractivity (Wildman–Crippen MR) is 39.8 cm³/mol. The third kappa shape index (κ3) is 0.789. The molecule has 2 heteroatoms. The molecule has 2 aliphatic rings. The molecule has 2 saturated heterocycles. The molecule has 0 aromatic heterocycles. The highest BCUT2D eigenvalue weighted by atomic mass is 16.3. The molecule has 0 saturated carbocycles. The first-order chi connectivity index (χ1) is 4.79. The minimum Gasteiger partial charge on any atom is -0.391 e. The van der Waals surface area contributed by atoms with E-state index in [2.05, 4.69) is 11.9 Å². The van der Waals surface area contributed by atoms with Crippen LogP contribution < -0.4 is 0 Å². The summed E-state index contributed by atoms with van der Waals surface area (Å²) in [6.07, 6.45) is 4.80. The summed E-state index contributed by atoms with van der Waals surface area (Å²) in [6, 6.07) is 1.17. The first-order valence-corrected chi connectivity index (χ1v) is 4.19. The van der Waals surface area contributed by atoms with Gasteiger partial charge in [-0.3, -0.25) is 4.90 Å². The molecule has 0 amide bonds. The largest absolute Gasteiger partial charge is 0.391 e. The van der Waals surface area contributed by atoms with E-state index in [-0.39, 0.29) is 6.10 Å². The molecule has 58 valence electrons. The fourth-order valence-electron chi connectivity index (χ4n) is 2.42. The summed E-state index contributed by atoms with van der Waals surface area (Å²) in [6.45, 7) is 0. The van der Waals surface area contributed by atoms with Crippen LogP contribution >= 0.6 is 0 Å². The molecule has 2 aliphatic heterocycles. The second kappa shape index (κ2) is 2.21. The number of rotatable bonds is 0. The normalized spacial score (nSPS) is 48.0. The minimum atomic E-state index is -0.0301. The van der Waals surface area contributed by atoms with Crippen LogP contribution in [0.4, 0.5) is 0 Å². The van der Waals surface area contributed by atoms with E-state index in [9.17, 15) is 5.11 Å². The number of hydrogen-bond donors (Lipinski definition) is 1. The molecule has 0 spiro atoms. The van der Waals surface area contributed by atoms with Gasteiger partial charge in [-0.1, -0.05) is 6.42 Å². The van der Waals surface area contributed by atoms with Crippen molar-refractivity contribution < 1.29 is 5.11 Å². The fraction of sp³-hybridized carbons (Fsp3) is 1.00. The van der Waals surface area contributed by atoms with Gasteiger partial charge in [-0.05, 0) is 26.3 Å². The van der Waals surface area contributed by atoms with Crippen molar-refractivity contribution in [3.63, 3.8) is 0 Å². The van der Waals surface area contributed by atoms with E-state index in [1.807, 2.05) is 0 Å². The molecule has 3 atom stereocenters. The van der Waals surface area contributed by atoms with Gasteiger partial charge in [-0.25, -0.2) is 0 Å². The Hall–Kier alpha value is -0.0800. The number of aliphatic hydroxyl groups is 1. The van der Waals surface area contributed by atoms with Crippen molar-refractivity contribution in [2.75, 3.05) is 7.05 Å². The van der Waals surface area contributed by atoms with Crippen molar-refractivity contribution in [3.8, 4) is 0 Å². The number of likely N-dealkylation sites (N-methyl/N-ethyl adjacent to an activating group) is 1. The fourth-order valence-corrected chi connectivity index (χ4v) is 2.42. The van der Waals surface area contributed by atoms with E-state index in [4.69, 9.17) is 0 Å². The number of nitrogens with zero attached hydrogens (tertiary/aromatic N) is 1. The zero-order valence-electron chi connectivity index (χ0n) is 6.45. The summed E-state index contributed by atoms with van der Waals surface area (Å²) in [4.78, 5) is 2.36. The van der Waals surface area contributed by atoms with Gasteiger partial charge in [0.2, 0.25) is 0 Å². The molecule has 1 N–H and O–H groups in total. The van der Waals surface area contributed by atoms with Gasteiger partial charge in [0.25, 0.3) is 0 Å². The second-order valence-corrected chi connectivity index (χ2v) is 3.62. The Morgan fingerprint density at radius 2 is 2.20 bits per heavy atom. The van der Waals surface area contributed by atoms with Crippen molar-refractivity contribution >= 4 is 0 Å². The average Bonchev–Trinajstić information content (AvgIpc) is 2.16. The van der Waals surface area contributed by atoms with Crippen LogP contribution in [0.25, 0.3) is 0 Å². The van der Waals surface area contributed by atoms with Crippen LogP contribution in [-0.2, 0) is 0 Å². The topological polar surface area (TPSA) is 23.5 Å². The van der Waals surface area contributed by atoms with Gasteiger partial charge >= 0.3 is 0 Å². The van der Waals surface area contributed by atoms with Crippen LogP contribution in [0.5, 0.6) is 0 Å². The zero-order chi connectivity index (χ0) is 7.14. The van der Waals surface area contributed by atoms with E-state index in [0.29, 0.717) is 12.1 Å². The van der Waals surface area contributed by atoms with Gasteiger partial charge in [-0.2, -0.15) is 0 Å². The maximum absolute atomic E-state index is 9.53. The molecule has 0 aromatic rings. The quantitative estimate of drug-likeness (QED) is 0.534. The predicted octanol–water partition coefficient (Wildman–Crippen LogP) is 0.604. The van der Waals surface area contributed by atoms with Gasteiger partial charge in [0, 0.05) is 12.1 Å². The molecule has 2 fully saturated rings. The van der Waals surface area contributed by atoms with Crippen LogP contribution in [0.1, 0.15) is 25.7 Å². The highest BCUT2D eigenvalue weighted by Gasteiger charge is 2.40. The van der Waals surface area contributed by atoms with E-state index in [1.165, 1.54) is 19.3 Å². The summed E-state index contributed by atoms with van der Waals surface area (Å²) in [5, 5.41) is 9.53. The van der Waals surface area contributed by atoms with Crippen LogP contribution in [0, 0.1) is 0 Å². The van der Waals surface area contributed by atoms with Crippen LogP contribution in [0.3, 0.4) is 0 Å². The second-order valence-electron chi connectivity index (χ2n) is 3.62. The van der Waals surface area contributed by atoms with Gasteiger partial charge in [-0.15, -0.1) is 0 Å². The van der Waals surface area contributed by atoms with E-state index in [1.54, 1.807) is 0 Å². The van der Waals surface area contributed by atoms with Crippen molar-refractivity contribution in [1.29, 1.82) is 0 Å². The van der Waals surface area contributed by atoms with Crippen molar-refractivity contribution in [2.24, 2.45) is 0 Å². The van der Waals surface area contributed by atoms with Crippen LogP contribution in [0.2, 0.25) is 0 Å². The highest BCUT2D eigenvalue weighted by molar-refractivity contribution is 4.95. The van der Waals surface area contributed by atoms with Crippen LogP contribution in [-0.4, -0.2) is 35.2 Å². The molecule has 0 aliphatic carbocycles. The van der Waals surface area contributed by atoms with E-state index in [0.717, 1.165) is 6.42 Å². The van der Waals surface area contributed by atoms with Gasteiger partial charge in [0.05, 0.1) is 6.10 Å². The summed E-state index contributed by atoms with van der Waals surface area (Å²) in [7, 11) is 2.14. The summed E-state index contributed by atoms with van der Waals surface area (Å²) < 4.78 is 0. The van der Waals surface area contributed by atoms with Crippen LogP contribution in [0.15, 0.2) is 0 Å². The number of hydrogen-bond acceptors (Lipinski definition) is 2. The molecule has 10 heavy (non-hydrogen) atoms. The zero-order valence-corrected chi connectivity index (χ0v) is 6.45. The lowest BCUT2D eigenvalue weighted by Crippen LogP contribution is -2.38. The minimum absolute atomic E-state index is 0.0301. The lowest BCUT2D eigenvalue weighted by atomic mass is 10.0. The molecule has 2 heterocycles.